The maximum absolute atomic E-state index is 10.1. The molecule has 2 aromatic rings. The van der Waals surface area contributed by atoms with Gasteiger partial charge in [-0.05, 0) is 19.7 Å². The molecule has 0 aliphatic carbocycles. The smallest absolute Gasteiger partial charge is 0.187 e. The van der Waals surface area contributed by atoms with Crippen LogP contribution in [0.15, 0.2) is 47.9 Å². The van der Waals surface area contributed by atoms with E-state index in [-0.39, 0.29) is 12.1 Å². The quantitative estimate of drug-likeness (QED) is 0.638. The van der Waals surface area contributed by atoms with Crippen molar-refractivity contribution in [2.75, 3.05) is 27.2 Å². The van der Waals surface area contributed by atoms with Gasteiger partial charge in [-0.3, -0.25) is 4.90 Å². The van der Waals surface area contributed by atoms with Gasteiger partial charge in [-0.1, -0.05) is 42.1 Å². The molecule has 1 aromatic carbocycles. The Morgan fingerprint density at radius 1 is 1.12 bits per heavy atom. The average Bonchev–Trinajstić information content (AvgIpc) is 2.96. The Kier molecular flexibility index (Phi) is 5.84. The van der Waals surface area contributed by atoms with Gasteiger partial charge in [0.25, 0.3) is 0 Å². The number of aromatic nitrogens is 2. The van der Waals surface area contributed by atoms with Crippen LogP contribution in [0.25, 0.3) is 0 Å². The number of rotatable bonds is 6. The largest absolute Gasteiger partial charge is 0.390 e. The van der Waals surface area contributed by atoms with Crippen molar-refractivity contribution in [3.8, 4) is 0 Å². The van der Waals surface area contributed by atoms with Crippen LogP contribution in [0.4, 0.5) is 0 Å². The summed E-state index contributed by atoms with van der Waals surface area (Å²) in [5.41, 5.74) is 2.36. The van der Waals surface area contributed by atoms with Crippen LogP contribution in [0.2, 0.25) is 0 Å². The van der Waals surface area contributed by atoms with E-state index in [1.807, 2.05) is 44.7 Å². The lowest BCUT2D eigenvalue weighted by atomic mass is 10.2. The lowest BCUT2D eigenvalue weighted by Crippen LogP contribution is -2.37. The van der Waals surface area contributed by atoms with Gasteiger partial charge >= 0.3 is 0 Å². The van der Waals surface area contributed by atoms with E-state index in [9.17, 15) is 5.11 Å². The van der Waals surface area contributed by atoms with Crippen LogP contribution in [-0.2, 0) is 12.3 Å². The fourth-order valence-electron chi connectivity index (χ4n) is 2.96. The Morgan fingerprint density at radius 2 is 1.83 bits per heavy atom. The Bertz CT molecular complexity index is 635. The summed E-state index contributed by atoms with van der Waals surface area (Å²) in [5, 5.41) is 10.9. The first-order valence-electron chi connectivity index (χ1n) is 8.16. The molecular formula is C18H24N4OS. The topological polar surface area (TPSA) is 52.5 Å². The number of hydrogen-bond donors (Lipinski definition) is 1. The van der Waals surface area contributed by atoms with Gasteiger partial charge in [0.15, 0.2) is 5.16 Å². The third kappa shape index (κ3) is 4.54. The number of thioether (sulfide) groups is 1. The summed E-state index contributed by atoms with van der Waals surface area (Å²) in [6.07, 6.45) is 3.51. The van der Waals surface area contributed by atoms with Gasteiger partial charge in [0, 0.05) is 49.4 Å². The Labute approximate surface area is 147 Å². The fourth-order valence-corrected chi connectivity index (χ4v) is 3.71. The van der Waals surface area contributed by atoms with Gasteiger partial charge in [-0.25, -0.2) is 9.97 Å². The van der Waals surface area contributed by atoms with E-state index in [0.717, 1.165) is 29.6 Å². The predicted octanol–water partition coefficient (Wildman–Crippen LogP) is 1.88. The highest BCUT2D eigenvalue weighted by molar-refractivity contribution is 7.98. The zero-order valence-electron chi connectivity index (χ0n) is 14.2. The third-order valence-corrected chi connectivity index (χ3v) is 5.24. The molecule has 1 aliphatic heterocycles. The molecule has 1 saturated heterocycles. The molecule has 128 valence electrons. The number of likely N-dealkylation sites (tertiary alicyclic amines) is 1. The van der Waals surface area contributed by atoms with Gasteiger partial charge in [0.05, 0.1) is 6.10 Å². The zero-order valence-corrected chi connectivity index (χ0v) is 15.0. The molecule has 6 heteroatoms. The van der Waals surface area contributed by atoms with Crippen molar-refractivity contribution in [3.05, 3.63) is 53.9 Å². The van der Waals surface area contributed by atoms with Crippen molar-refractivity contribution in [1.82, 2.24) is 19.8 Å². The molecule has 2 atom stereocenters. The Balaban J connectivity index is 1.52. The minimum atomic E-state index is -0.290. The Hall–Kier alpha value is -1.47. The van der Waals surface area contributed by atoms with Crippen LogP contribution in [0, 0.1) is 0 Å². The number of hydrogen-bond acceptors (Lipinski definition) is 6. The van der Waals surface area contributed by atoms with E-state index in [2.05, 4.69) is 31.9 Å². The van der Waals surface area contributed by atoms with E-state index in [0.29, 0.717) is 6.54 Å². The van der Waals surface area contributed by atoms with Crippen LogP contribution < -0.4 is 0 Å². The second kappa shape index (κ2) is 8.07. The molecule has 2 heterocycles. The highest BCUT2D eigenvalue weighted by Gasteiger charge is 2.32. The van der Waals surface area contributed by atoms with E-state index < -0.39 is 0 Å². The molecule has 0 radical (unpaired) electrons. The molecule has 1 N–H and O–H groups in total. The van der Waals surface area contributed by atoms with Gasteiger partial charge in [-0.15, -0.1) is 0 Å². The predicted molar refractivity (Wildman–Crippen MR) is 96.8 cm³/mol. The molecule has 3 rings (SSSR count). The van der Waals surface area contributed by atoms with Crippen molar-refractivity contribution in [2.24, 2.45) is 0 Å². The van der Waals surface area contributed by atoms with E-state index in [1.54, 1.807) is 11.8 Å². The maximum atomic E-state index is 10.1. The first-order valence-corrected chi connectivity index (χ1v) is 9.15. The first kappa shape index (κ1) is 17.4. The van der Waals surface area contributed by atoms with Crippen molar-refractivity contribution in [3.63, 3.8) is 0 Å². The SMILES string of the molecule is CN(C)[C@@H]1CN(Cc2cnc(SCc3ccccc3)nc2)C[C@H]1O. The molecule has 0 saturated carbocycles. The van der Waals surface area contributed by atoms with Gasteiger partial charge < -0.3 is 10.0 Å². The molecule has 1 fully saturated rings. The molecule has 1 aliphatic rings. The van der Waals surface area contributed by atoms with Crippen molar-refractivity contribution < 1.29 is 5.11 Å². The van der Waals surface area contributed by atoms with Gasteiger partial charge in [0.2, 0.25) is 0 Å². The first-order chi connectivity index (χ1) is 11.6. The van der Waals surface area contributed by atoms with Crippen molar-refractivity contribution >= 4 is 11.8 Å². The molecule has 0 amide bonds. The molecular weight excluding hydrogens is 320 g/mol. The minimum Gasteiger partial charge on any atom is -0.390 e. The number of aliphatic hydroxyl groups is 1. The second-order valence-electron chi connectivity index (χ2n) is 6.44. The van der Waals surface area contributed by atoms with Crippen LogP contribution >= 0.6 is 11.8 Å². The summed E-state index contributed by atoms with van der Waals surface area (Å²) in [6.45, 7) is 2.36. The second-order valence-corrected chi connectivity index (χ2v) is 7.38. The molecule has 24 heavy (non-hydrogen) atoms. The van der Waals surface area contributed by atoms with E-state index in [1.165, 1.54) is 5.56 Å². The minimum absolute atomic E-state index is 0.201. The average molecular weight is 344 g/mol. The number of benzene rings is 1. The molecule has 1 aromatic heterocycles. The number of aliphatic hydroxyl groups excluding tert-OH is 1. The van der Waals surface area contributed by atoms with Crippen molar-refractivity contribution in [1.29, 1.82) is 0 Å². The number of nitrogens with zero attached hydrogens (tertiary/aromatic N) is 4. The fraction of sp³-hybridized carbons (Fsp3) is 0.444. The molecule has 0 bridgehead atoms. The molecule has 5 nitrogen and oxygen atoms in total. The lowest BCUT2D eigenvalue weighted by molar-refractivity contribution is 0.112. The van der Waals surface area contributed by atoms with Crippen molar-refractivity contribution in [2.45, 2.75) is 29.6 Å². The summed E-state index contributed by atoms with van der Waals surface area (Å²) >= 11 is 1.65. The third-order valence-electron chi connectivity index (χ3n) is 4.30. The maximum Gasteiger partial charge on any atom is 0.187 e. The highest BCUT2D eigenvalue weighted by atomic mass is 32.2. The monoisotopic (exact) mass is 344 g/mol. The van der Waals surface area contributed by atoms with Crippen LogP contribution in [0.5, 0.6) is 0 Å². The number of β-amino-alcohol motifs (C(OH)–C–C–N with tert-alkyl or cyclic N) is 1. The summed E-state index contributed by atoms with van der Waals surface area (Å²) in [6, 6.07) is 10.5. The summed E-state index contributed by atoms with van der Waals surface area (Å²) in [5.74, 6) is 0.878. The van der Waals surface area contributed by atoms with Crippen LogP contribution in [0.1, 0.15) is 11.1 Å². The number of likely N-dealkylation sites (N-methyl/N-ethyl adjacent to an activating group) is 1. The van der Waals surface area contributed by atoms with E-state index in [4.69, 9.17) is 0 Å². The van der Waals surface area contributed by atoms with Crippen LogP contribution in [0.3, 0.4) is 0 Å². The van der Waals surface area contributed by atoms with Crippen LogP contribution in [-0.4, -0.2) is 64.2 Å². The molecule has 0 spiro atoms. The summed E-state index contributed by atoms with van der Waals surface area (Å²) in [7, 11) is 4.03. The van der Waals surface area contributed by atoms with Gasteiger partial charge in [-0.2, -0.15) is 0 Å². The standard InChI is InChI=1S/C18H24N4OS/c1-21(2)16-11-22(12-17(16)23)10-15-8-19-18(20-9-15)24-13-14-6-4-3-5-7-14/h3-9,16-17,23H,10-13H2,1-2H3/t16-,17-/m1/s1. The van der Waals surface area contributed by atoms with E-state index >= 15 is 0 Å². The summed E-state index contributed by atoms with van der Waals surface area (Å²) in [4.78, 5) is 13.3. The summed E-state index contributed by atoms with van der Waals surface area (Å²) < 4.78 is 0. The highest BCUT2D eigenvalue weighted by Crippen LogP contribution is 2.20. The zero-order chi connectivity index (χ0) is 16.9. The molecule has 0 unspecified atom stereocenters. The Morgan fingerprint density at radius 3 is 2.46 bits per heavy atom. The lowest BCUT2D eigenvalue weighted by Gasteiger charge is -2.21. The normalized spacial score (nSPS) is 21.5. The van der Waals surface area contributed by atoms with Gasteiger partial charge in [0.1, 0.15) is 0 Å².